The van der Waals surface area contributed by atoms with Gasteiger partial charge < -0.3 is 10.4 Å². The van der Waals surface area contributed by atoms with Crippen molar-refractivity contribution in [2.24, 2.45) is 0 Å². The Balaban J connectivity index is 2.03. The molecular weight excluding hydrogens is 349 g/mol. The Hall–Kier alpha value is -2.04. The van der Waals surface area contributed by atoms with E-state index in [0.717, 1.165) is 11.1 Å². The lowest BCUT2D eigenvalue weighted by Gasteiger charge is -2.18. The molecule has 6 heteroatoms. The monoisotopic (exact) mass is 365 g/mol. The summed E-state index contributed by atoms with van der Waals surface area (Å²) in [6.45, 7) is 0. The topological polar surface area (TPSA) is 66.4 Å². The Morgan fingerprint density at radius 1 is 1.08 bits per heavy atom. The van der Waals surface area contributed by atoms with Crippen molar-refractivity contribution in [3.05, 3.63) is 69.7 Å². The number of halogens is 2. The Morgan fingerprint density at radius 2 is 1.83 bits per heavy atom. The molecule has 0 aromatic heterocycles. The number of amides is 1. The average Bonchev–Trinajstić information content (AvgIpc) is 2.48. The van der Waals surface area contributed by atoms with E-state index in [1.54, 1.807) is 36.4 Å². The Bertz CT molecular complexity index is 734. The van der Waals surface area contributed by atoms with Gasteiger partial charge in [0.25, 0.3) is 0 Å². The summed E-state index contributed by atoms with van der Waals surface area (Å²) in [7, 11) is 0. The van der Waals surface area contributed by atoms with E-state index < -0.39 is 12.0 Å². The molecule has 0 aliphatic carbocycles. The van der Waals surface area contributed by atoms with Gasteiger partial charge in [-0.2, -0.15) is 0 Å². The number of carboxylic acid groups (broad SMARTS) is 1. The minimum Gasteiger partial charge on any atom is -0.481 e. The minimum atomic E-state index is -0.977. The number of aliphatic carboxylic acids is 1. The molecule has 2 N–H and O–H groups in total. The maximum Gasteiger partial charge on any atom is 0.305 e. The SMILES string of the molecule is O=C(O)CC(Cc1ccccc1Cl)NC(=O)Cc1cccc(Cl)c1. The fourth-order valence-corrected chi connectivity index (χ4v) is 2.85. The molecule has 0 spiro atoms. The molecule has 126 valence electrons. The van der Waals surface area contributed by atoms with Crippen LogP contribution >= 0.6 is 23.2 Å². The van der Waals surface area contributed by atoms with Crippen LogP contribution in [0.25, 0.3) is 0 Å². The highest BCUT2D eigenvalue weighted by atomic mass is 35.5. The molecule has 0 aliphatic heterocycles. The van der Waals surface area contributed by atoms with Crippen molar-refractivity contribution in [2.75, 3.05) is 0 Å². The molecule has 2 aromatic rings. The maximum atomic E-state index is 12.2. The predicted octanol–water partition coefficient (Wildman–Crippen LogP) is 3.74. The van der Waals surface area contributed by atoms with E-state index in [-0.39, 0.29) is 18.7 Å². The van der Waals surface area contributed by atoms with Crippen molar-refractivity contribution in [3.8, 4) is 0 Å². The summed E-state index contributed by atoms with van der Waals surface area (Å²) in [6, 6.07) is 13.7. The van der Waals surface area contributed by atoms with E-state index in [1.165, 1.54) is 0 Å². The van der Waals surface area contributed by atoms with Crippen LogP contribution in [-0.2, 0) is 22.4 Å². The van der Waals surface area contributed by atoms with Gasteiger partial charge in [0, 0.05) is 16.1 Å². The molecule has 1 atom stereocenters. The molecular formula is C18H17Cl2NO3. The minimum absolute atomic E-state index is 0.138. The molecule has 2 aromatic carbocycles. The van der Waals surface area contributed by atoms with Gasteiger partial charge in [-0.3, -0.25) is 9.59 Å². The van der Waals surface area contributed by atoms with Gasteiger partial charge in [-0.25, -0.2) is 0 Å². The first-order chi connectivity index (χ1) is 11.4. The second kappa shape index (κ2) is 8.71. The Morgan fingerprint density at radius 3 is 2.50 bits per heavy atom. The van der Waals surface area contributed by atoms with E-state index in [1.807, 2.05) is 12.1 Å². The molecule has 1 unspecified atom stereocenters. The molecule has 24 heavy (non-hydrogen) atoms. The van der Waals surface area contributed by atoms with Gasteiger partial charge in [0.15, 0.2) is 0 Å². The van der Waals surface area contributed by atoms with Crippen molar-refractivity contribution in [3.63, 3.8) is 0 Å². The molecule has 0 heterocycles. The summed E-state index contributed by atoms with van der Waals surface area (Å²) in [4.78, 5) is 23.3. The second-order valence-corrected chi connectivity index (χ2v) is 6.31. The predicted molar refractivity (Wildman–Crippen MR) is 94.5 cm³/mol. The van der Waals surface area contributed by atoms with Gasteiger partial charge in [0.2, 0.25) is 5.91 Å². The van der Waals surface area contributed by atoms with Gasteiger partial charge >= 0.3 is 5.97 Å². The number of carbonyl (C=O) groups is 2. The fraction of sp³-hybridized carbons (Fsp3) is 0.222. The van der Waals surface area contributed by atoms with Crippen molar-refractivity contribution < 1.29 is 14.7 Å². The van der Waals surface area contributed by atoms with Crippen molar-refractivity contribution in [1.29, 1.82) is 0 Å². The van der Waals surface area contributed by atoms with Crippen LogP contribution in [0.15, 0.2) is 48.5 Å². The smallest absolute Gasteiger partial charge is 0.305 e. The third-order valence-electron chi connectivity index (χ3n) is 3.46. The summed E-state index contributed by atoms with van der Waals surface area (Å²) < 4.78 is 0. The maximum absolute atomic E-state index is 12.2. The molecule has 2 rings (SSSR count). The Kier molecular flexibility index (Phi) is 6.64. The van der Waals surface area contributed by atoms with Gasteiger partial charge in [0.1, 0.15) is 0 Å². The van der Waals surface area contributed by atoms with Crippen LogP contribution in [0.5, 0.6) is 0 Å². The highest BCUT2D eigenvalue weighted by Crippen LogP contribution is 2.18. The lowest BCUT2D eigenvalue weighted by atomic mass is 10.0. The molecule has 0 saturated carbocycles. The fourth-order valence-electron chi connectivity index (χ4n) is 2.43. The van der Waals surface area contributed by atoms with Crippen LogP contribution < -0.4 is 5.32 Å². The molecule has 0 fully saturated rings. The molecule has 0 aliphatic rings. The summed E-state index contributed by atoms with van der Waals surface area (Å²) in [5.74, 6) is -1.23. The van der Waals surface area contributed by atoms with Crippen LogP contribution in [0.3, 0.4) is 0 Å². The summed E-state index contributed by atoms with van der Waals surface area (Å²) in [5.41, 5.74) is 1.57. The molecule has 4 nitrogen and oxygen atoms in total. The first-order valence-corrected chi connectivity index (χ1v) is 8.18. The van der Waals surface area contributed by atoms with E-state index >= 15 is 0 Å². The second-order valence-electron chi connectivity index (χ2n) is 5.46. The highest BCUT2D eigenvalue weighted by Gasteiger charge is 2.18. The van der Waals surface area contributed by atoms with E-state index in [0.29, 0.717) is 16.5 Å². The van der Waals surface area contributed by atoms with Gasteiger partial charge in [-0.05, 0) is 35.7 Å². The number of hydrogen-bond acceptors (Lipinski definition) is 2. The van der Waals surface area contributed by atoms with Crippen LogP contribution in [0, 0.1) is 0 Å². The van der Waals surface area contributed by atoms with E-state index in [2.05, 4.69) is 5.32 Å². The number of rotatable bonds is 7. The first kappa shape index (κ1) is 18.3. The highest BCUT2D eigenvalue weighted by molar-refractivity contribution is 6.31. The zero-order chi connectivity index (χ0) is 17.5. The summed E-state index contributed by atoms with van der Waals surface area (Å²) >= 11 is 12.0. The number of carboxylic acids is 1. The van der Waals surface area contributed by atoms with Crippen molar-refractivity contribution >= 4 is 35.1 Å². The lowest BCUT2D eigenvalue weighted by Crippen LogP contribution is -2.39. The standard InChI is InChI=1S/C18H17Cl2NO3/c19-14-6-3-4-12(8-14)9-17(22)21-15(11-18(23)24)10-13-5-1-2-7-16(13)20/h1-8,15H,9-11H2,(H,21,22)(H,23,24). The van der Waals surface area contributed by atoms with Gasteiger partial charge in [-0.15, -0.1) is 0 Å². The first-order valence-electron chi connectivity index (χ1n) is 7.43. The zero-order valence-corrected chi connectivity index (χ0v) is 14.3. The summed E-state index contributed by atoms with van der Waals surface area (Å²) in [6.07, 6.45) is 0.318. The van der Waals surface area contributed by atoms with E-state index in [4.69, 9.17) is 28.3 Å². The number of benzene rings is 2. The van der Waals surface area contributed by atoms with Crippen LogP contribution in [0.2, 0.25) is 10.0 Å². The summed E-state index contributed by atoms with van der Waals surface area (Å²) in [5, 5.41) is 12.9. The molecule has 0 bridgehead atoms. The average molecular weight is 366 g/mol. The zero-order valence-electron chi connectivity index (χ0n) is 12.8. The van der Waals surface area contributed by atoms with Crippen LogP contribution in [0.4, 0.5) is 0 Å². The number of nitrogens with one attached hydrogen (secondary N) is 1. The number of hydrogen-bond donors (Lipinski definition) is 2. The third-order valence-corrected chi connectivity index (χ3v) is 4.07. The quantitative estimate of drug-likeness (QED) is 0.785. The van der Waals surface area contributed by atoms with Gasteiger partial charge in [0.05, 0.1) is 12.8 Å². The molecule has 1 amide bonds. The molecule has 0 saturated heterocycles. The Labute approximate surface area is 150 Å². The van der Waals surface area contributed by atoms with Crippen molar-refractivity contribution in [1.82, 2.24) is 5.32 Å². The normalized spacial score (nSPS) is 11.8. The third kappa shape index (κ3) is 5.87. The largest absolute Gasteiger partial charge is 0.481 e. The van der Waals surface area contributed by atoms with Crippen LogP contribution in [-0.4, -0.2) is 23.0 Å². The lowest BCUT2D eigenvalue weighted by molar-refractivity contribution is -0.137. The van der Waals surface area contributed by atoms with Crippen molar-refractivity contribution in [2.45, 2.75) is 25.3 Å². The van der Waals surface area contributed by atoms with Gasteiger partial charge in [-0.1, -0.05) is 53.5 Å². The van der Waals surface area contributed by atoms with E-state index in [9.17, 15) is 9.59 Å². The van der Waals surface area contributed by atoms with Crippen LogP contribution in [0.1, 0.15) is 17.5 Å². The number of carbonyl (C=O) groups excluding carboxylic acids is 1. The molecule has 0 radical (unpaired) electrons.